The van der Waals surface area contributed by atoms with Gasteiger partial charge in [0.05, 0.1) is 0 Å². The van der Waals surface area contributed by atoms with Gasteiger partial charge in [-0.25, -0.2) is 0 Å². The third kappa shape index (κ3) is 4.75. The van der Waals surface area contributed by atoms with E-state index in [-0.39, 0.29) is 22.1 Å². The van der Waals surface area contributed by atoms with Gasteiger partial charge in [0.15, 0.2) is 5.43 Å². The van der Waals surface area contributed by atoms with Crippen LogP contribution in [0.2, 0.25) is 0 Å². The Balaban J connectivity index is 2.16. The first-order valence-electron chi connectivity index (χ1n) is 8.71. The summed E-state index contributed by atoms with van der Waals surface area (Å²) in [6.45, 7) is -1.98. The number of hydrogen-bond acceptors (Lipinski definition) is 8. The maximum atomic E-state index is 12.9. The van der Waals surface area contributed by atoms with Crippen LogP contribution in [0.15, 0.2) is 57.7 Å². The summed E-state index contributed by atoms with van der Waals surface area (Å²) in [5.74, 6) is 0.891. The van der Waals surface area contributed by atoms with Crippen LogP contribution < -0.4 is 14.9 Å². The number of rotatable bonds is 9. The van der Waals surface area contributed by atoms with Crippen LogP contribution >= 0.6 is 0 Å². The van der Waals surface area contributed by atoms with Gasteiger partial charge in [0, 0.05) is 52.2 Å². The van der Waals surface area contributed by atoms with Gasteiger partial charge in [-0.1, -0.05) is 30.3 Å². The highest BCUT2D eigenvalue weighted by Crippen LogP contribution is 2.33. The van der Waals surface area contributed by atoms with Crippen LogP contribution in [-0.4, -0.2) is 41.4 Å². The van der Waals surface area contributed by atoms with Gasteiger partial charge in [0.25, 0.3) is 0 Å². The van der Waals surface area contributed by atoms with Crippen molar-refractivity contribution in [3.05, 3.63) is 58.8 Å². The maximum Gasteiger partial charge on any atom is 0.315 e. The lowest BCUT2D eigenvalue weighted by molar-refractivity contribution is -0.221. The molecule has 0 N–H and O–H groups in total. The molecule has 1 heterocycles. The average molecular weight is 402 g/mol. The fourth-order valence-corrected chi connectivity index (χ4v) is 2.73. The fourth-order valence-electron chi connectivity index (χ4n) is 2.73. The zero-order chi connectivity index (χ0) is 20.8. The Bertz CT molecular complexity index is 991. The van der Waals surface area contributed by atoms with Crippen molar-refractivity contribution < 1.29 is 32.8 Å². The van der Waals surface area contributed by atoms with E-state index in [4.69, 9.17) is 32.8 Å². The molecule has 2 aromatic carbocycles. The van der Waals surface area contributed by atoms with Gasteiger partial charge in [0.1, 0.15) is 28.2 Å². The molecule has 0 atom stereocenters. The molecule has 8 nitrogen and oxygen atoms in total. The minimum atomic E-state index is -1.03. The van der Waals surface area contributed by atoms with Crippen molar-refractivity contribution in [2.24, 2.45) is 0 Å². The molecule has 0 aliphatic carbocycles. The third-order valence-corrected chi connectivity index (χ3v) is 4.05. The summed E-state index contributed by atoms with van der Waals surface area (Å²) >= 11 is 0. The van der Waals surface area contributed by atoms with E-state index in [1.54, 1.807) is 6.07 Å². The fraction of sp³-hybridized carbons (Fsp3) is 0.286. The Kier molecular flexibility index (Phi) is 6.84. The maximum absolute atomic E-state index is 12.9. The summed E-state index contributed by atoms with van der Waals surface area (Å²) in [6, 6.07) is 13.8. The number of fused-ring (bicyclic) bond motifs is 1. The van der Waals surface area contributed by atoms with Crippen LogP contribution in [0.25, 0.3) is 22.3 Å². The molecule has 0 saturated heterocycles. The summed E-state index contributed by atoms with van der Waals surface area (Å²) in [5.41, 5.74) is 0.743. The number of ether oxygens (including phenoxy) is 6. The van der Waals surface area contributed by atoms with Crippen molar-refractivity contribution >= 4 is 11.0 Å². The Hall–Kier alpha value is -2.91. The van der Waals surface area contributed by atoms with Crippen LogP contribution in [0.4, 0.5) is 0 Å². The normalized spacial score (nSPS) is 11.4. The lowest BCUT2D eigenvalue weighted by atomic mass is 10.1. The molecule has 3 aromatic rings. The first kappa shape index (κ1) is 20.8. The number of benzene rings is 2. The number of methoxy groups -OCH3 is 4. The SMILES string of the molecule is COC(OC)Oc1cc(OC(OC)OC)c2c(=O)cc(-c3ccccc3)oc2c1. The van der Waals surface area contributed by atoms with Crippen LogP contribution in [0.3, 0.4) is 0 Å². The molecule has 3 rings (SSSR count). The molecule has 1 aromatic heterocycles. The van der Waals surface area contributed by atoms with Crippen LogP contribution in [0.1, 0.15) is 0 Å². The van der Waals surface area contributed by atoms with E-state index in [9.17, 15) is 4.79 Å². The quantitative estimate of drug-likeness (QED) is 0.504. The average Bonchev–Trinajstić information content (AvgIpc) is 2.75. The zero-order valence-corrected chi connectivity index (χ0v) is 16.5. The van der Waals surface area contributed by atoms with Crippen LogP contribution in [0.5, 0.6) is 11.5 Å². The molecule has 0 spiro atoms. The van der Waals surface area contributed by atoms with E-state index in [0.29, 0.717) is 11.5 Å². The smallest absolute Gasteiger partial charge is 0.315 e. The second-order valence-corrected chi connectivity index (χ2v) is 5.89. The summed E-state index contributed by atoms with van der Waals surface area (Å²) in [7, 11) is 5.70. The van der Waals surface area contributed by atoms with Gasteiger partial charge in [-0.3, -0.25) is 4.79 Å². The second-order valence-electron chi connectivity index (χ2n) is 5.89. The van der Waals surface area contributed by atoms with Crippen molar-refractivity contribution in [2.75, 3.05) is 28.4 Å². The molecule has 29 heavy (non-hydrogen) atoms. The largest absolute Gasteiger partial charge is 0.456 e. The van der Waals surface area contributed by atoms with E-state index in [2.05, 4.69) is 0 Å². The monoisotopic (exact) mass is 402 g/mol. The molecular weight excluding hydrogens is 380 g/mol. The Morgan fingerprint density at radius 2 is 1.41 bits per heavy atom. The van der Waals surface area contributed by atoms with Gasteiger partial charge >= 0.3 is 13.0 Å². The molecule has 0 fully saturated rings. The van der Waals surface area contributed by atoms with Crippen molar-refractivity contribution in [3.8, 4) is 22.8 Å². The summed E-state index contributed by atoms with van der Waals surface area (Å²) in [6.07, 6.45) is 0. The van der Waals surface area contributed by atoms with Gasteiger partial charge in [-0.15, -0.1) is 0 Å². The highest BCUT2D eigenvalue weighted by molar-refractivity contribution is 5.86. The van der Waals surface area contributed by atoms with E-state index in [1.807, 2.05) is 30.3 Å². The zero-order valence-electron chi connectivity index (χ0n) is 16.5. The van der Waals surface area contributed by atoms with Crippen molar-refractivity contribution in [2.45, 2.75) is 13.0 Å². The Labute approximate surface area is 167 Å². The number of hydrogen-bond donors (Lipinski definition) is 0. The molecule has 8 heteroatoms. The lowest BCUT2D eigenvalue weighted by Gasteiger charge is -2.19. The van der Waals surface area contributed by atoms with E-state index in [1.165, 1.54) is 40.6 Å². The van der Waals surface area contributed by atoms with Gasteiger partial charge in [-0.2, -0.15) is 0 Å². The Morgan fingerprint density at radius 3 is 2.03 bits per heavy atom. The van der Waals surface area contributed by atoms with Gasteiger partial charge in [0.2, 0.25) is 0 Å². The highest BCUT2D eigenvalue weighted by Gasteiger charge is 2.19. The van der Waals surface area contributed by atoms with Gasteiger partial charge in [-0.05, 0) is 0 Å². The molecule has 154 valence electrons. The molecular formula is C21H22O8. The Morgan fingerprint density at radius 1 is 0.793 bits per heavy atom. The summed E-state index contributed by atoms with van der Waals surface area (Å²) in [4.78, 5) is 12.9. The summed E-state index contributed by atoms with van der Waals surface area (Å²) < 4.78 is 37.6. The van der Waals surface area contributed by atoms with Crippen molar-refractivity contribution in [3.63, 3.8) is 0 Å². The molecule has 0 saturated carbocycles. The first-order valence-corrected chi connectivity index (χ1v) is 8.71. The predicted octanol–water partition coefficient (Wildman–Crippen LogP) is 3.37. The second kappa shape index (κ2) is 9.53. The minimum absolute atomic E-state index is 0.172. The standard InChI is InChI=1S/C21H22O8/c1-23-20(24-2)27-14-10-17-19(18(11-14)29-21(25-3)26-4)15(22)12-16(28-17)13-8-6-5-7-9-13/h5-12,20-21H,1-4H3. The molecule has 0 aliphatic heterocycles. The minimum Gasteiger partial charge on any atom is -0.456 e. The van der Waals surface area contributed by atoms with Crippen LogP contribution in [0, 0.1) is 0 Å². The summed E-state index contributed by atoms with van der Waals surface area (Å²) in [5, 5.41) is 0.225. The van der Waals surface area contributed by atoms with Crippen LogP contribution in [-0.2, 0) is 18.9 Å². The van der Waals surface area contributed by atoms with E-state index < -0.39 is 13.0 Å². The van der Waals surface area contributed by atoms with Crippen molar-refractivity contribution in [1.82, 2.24) is 0 Å². The van der Waals surface area contributed by atoms with Gasteiger partial charge < -0.3 is 32.8 Å². The molecule has 0 bridgehead atoms. The molecule has 0 radical (unpaired) electrons. The predicted molar refractivity (Wildman–Crippen MR) is 105 cm³/mol. The molecule has 0 aliphatic rings. The lowest BCUT2D eigenvalue weighted by Crippen LogP contribution is -2.22. The van der Waals surface area contributed by atoms with Crippen molar-refractivity contribution in [1.29, 1.82) is 0 Å². The highest BCUT2D eigenvalue weighted by atomic mass is 16.8. The molecule has 0 amide bonds. The van der Waals surface area contributed by atoms with E-state index in [0.717, 1.165) is 5.56 Å². The van der Waals surface area contributed by atoms with E-state index >= 15 is 0 Å². The topological polar surface area (TPSA) is 85.6 Å². The third-order valence-electron chi connectivity index (χ3n) is 4.05. The first-order chi connectivity index (χ1) is 14.1. The molecule has 0 unspecified atom stereocenters.